The Morgan fingerprint density at radius 2 is 1.76 bits per heavy atom. The number of carbonyl (C=O) groups excluding carboxylic acids is 1. The van der Waals surface area contributed by atoms with Gasteiger partial charge >= 0.3 is 0 Å². The summed E-state index contributed by atoms with van der Waals surface area (Å²) in [4.78, 5) is 20.9. The average molecular weight is 450 g/mol. The number of rotatable bonds is 3. The second-order valence-electron chi connectivity index (χ2n) is 7.29. The molecule has 1 amide bonds. The summed E-state index contributed by atoms with van der Waals surface area (Å²) in [6.07, 6.45) is 0. The van der Waals surface area contributed by atoms with Gasteiger partial charge in [0.2, 0.25) is 0 Å². The predicted molar refractivity (Wildman–Crippen MR) is 120 cm³/mol. The van der Waals surface area contributed by atoms with Gasteiger partial charge in [-0.05, 0) is 48.5 Å². The van der Waals surface area contributed by atoms with E-state index in [1.165, 1.54) is 11.8 Å². The molecule has 0 bridgehead atoms. The highest BCUT2D eigenvalue weighted by molar-refractivity contribution is 8.16. The molecule has 2 heterocycles. The number of halogens is 1. The fraction of sp³-hybridized carbons (Fsp3) is 0.300. The maximum Gasteiger partial charge on any atom is 0.279 e. The van der Waals surface area contributed by atoms with Crippen LogP contribution in [0.3, 0.4) is 0 Å². The SMILES string of the molecule is CN(C)c1ccc(N2C(=NC(=O)c3ccc(Cl)cc3)S[C@H]3CS(=O)(=O)C[C@@H]32)cc1. The highest BCUT2D eigenvalue weighted by Crippen LogP contribution is 2.41. The molecule has 0 aliphatic carbocycles. The van der Waals surface area contributed by atoms with Gasteiger partial charge in [0, 0.05) is 41.3 Å². The molecule has 152 valence electrons. The van der Waals surface area contributed by atoms with Crippen molar-refractivity contribution in [3.05, 3.63) is 59.1 Å². The zero-order valence-electron chi connectivity index (χ0n) is 15.9. The molecular weight excluding hydrogens is 430 g/mol. The lowest BCUT2D eigenvalue weighted by Crippen LogP contribution is -2.37. The van der Waals surface area contributed by atoms with Crippen molar-refractivity contribution in [3.63, 3.8) is 0 Å². The molecule has 4 rings (SSSR count). The number of fused-ring (bicyclic) bond motifs is 1. The zero-order valence-corrected chi connectivity index (χ0v) is 18.3. The van der Waals surface area contributed by atoms with Gasteiger partial charge in [0.15, 0.2) is 15.0 Å². The van der Waals surface area contributed by atoms with Gasteiger partial charge in [0.1, 0.15) is 0 Å². The van der Waals surface area contributed by atoms with Crippen LogP contribution >= 0.6 is 23.4 Å². The molecule has 0 N–H and O–H groups in total. The van der Waals surface area contributed by atoms with Gasteiger partial charge in [-0.25, -0.2) is 8.42 Å². The van der Waals surface area contributed by atoms with Crippen molar-refractivity contribution in [1.29, 1.82) is 0 Å². The smallest absolute Gasteiger partial charge is 0.279 e. The van der Waals surface area contributed by atoms with Crippen LogP contribution < -0.4 is 9.80 Å². The normalized spacial score (nSPS) is 24.0. The fourth-order valence-electron chi connectivity index (χ4n) is 3.52. The zero-order chi connectivity index (χ0) is 20.8. The Morgan fingerprint density at radius 1 is 1.10 bits per heavy atom. The van der Waals surface area contributed by atoms with Crippen LogP contribution in [0.4, 0.5) is 11.4 Å². The number of carbonyl (C=O) groups is 1. The minimum Gasteiger partial charge on any atom is -0.378 e. The Kier molecular flexibility index (Phi) is 5.35. The van der Waals surface area contributed by atoms with E-state index in [4.69, 9.17) is 11.6 Å². The Morgan fingerprint density at radius 3 is 2.38 bits per heavy atom. The lowest BCUT2D eigenvalue weighted by Gasteiger charge is -2.25. The van der Waals surface area contributed by atoms with E-state index in [2.05, 4.69) is 4.99 Å². The Bertz CT molecular complexity index is 1070. The van der Waals surface area contributed by atoms with Crippen molar-refractivity contribution in [2.75, 3.05) is 35.4 Å². The van der Waals surface area contributed by atoms with E-state index in [1.54, 1.807) is 24.3 Å². The van der Waals surface area contributed by atoms with Crippen LogP contribution in [0.25, 0.3) is 0 Å². The number of anilines is 2. The maximum atomic E-state index is 12.7. The molecule has 2 aromatic carbocycles. The molecule has 0 aromatic heterocycles. The lowest BCUT2D eigenvalue weighted by molar-refractivity contribution is 0.100. The second-order valence-corrected chi connectivity index (χ2v) is 11.1. The van der Waals surface area contributed by atoms with Crippen molar-refractivity contribution in [2.24, 2.45) is 4.99 Å². The summed E-state index contributed by atoms with van der Waals surface area (Å²) in [6.45, 7) is 0. The third kappa shape index (κ3) is 4.15. The minimum absolute atomic E-state index is 0.0637. The van der Waals surface area contributed by atoms with Crippen molar-refractivity contribution < 1.29 is 13.2 Å². The number of hydrogen-bond acceptors (Lipinski definition) is 5. The number of sulfone groups is 1. The molecule has 2 atom stereocenters. The summed E-state index contributed by atoms with van der Waals surface area (Å²) >= 11 is 7.26. The van der Waals surface area contributed by atoms with Gasteiger partial charge in [0.25, 0.3) is 5.91 Å². The van der Waals surface area contributed by atoms with Crippen LogP contribution in [-0.4, -0.2) is 56.4 Å². The number of amides is 1. The summed E-state index contributed by atoms with van der Waals surface area (Å²) in [5.74, 6) is -0.210. The molecule has 0 saturated carbocycles. The molecular formula is C20H20ClN3O3S2. The maximum absolute atomic E-state index is 12.7. The molecule has 6 nitrogen and oxygen atoms in total. The first-order valence-corrected chi connectivity index (χ1v) is 12.1. The van der Waals surface area contributed by atoms with Crippen LogP contribution in [0.2, 0.25) is 5.02 Å². The number of aliphatic imine (C=N–C) groups is 1. The Balaban J connectivity index is 1.70. The van der Waals surface area contributed by atoms with Crippen LogP contribution in [0.1, 0.15) is 10.4 Å². The molecule has 0 radical (unpaired) electrons. The van der Waals surface area contributed by atoms with Gasteiger partial charge in [-0.15, -0.1) is 0 Å². The third-order valence-electron chi connectivity index (χ3n) is 5.00. The van der Waals surface area contributed by atoms with E-state index in [-0.39, 0.29) is 28.7 Å². The van der Waals surface area contributed by atoms with E-state index >= 15 is 0 Å². The molecule has 29 heavy (non-hydrogen) atoms. The van der Waals surface area contributed by atoms with E-state index < -0.39 is 9.84 Å². The molecule has 0 unspecified atom stereocenters. The highest BCUT2D eigenvalue weighted by atomic mass is 35.5. The summed E-state index contributed by atoms with van der Waals surface area (Å²) in [6, 6.07) is 14.1. The van der Waals surface area contributed by atoms with Gasteiger partial charge in [-0.1, -0.05) is 23.4 Å². The summed E-state index contributed by atoms with van der Waals surface area (Å²) in [5.41, 5.74) is 2.30. The third-order valence-corrected chi connectivity index (χ3v) is 8.46. The molecule has 2 fully saturated rings. The number of benzene rings is 2. The number of hydrogen-bond donors (Lipinski definition) is 0. The largest absolute Gasteiger partial charge is 0.378 e. The average Bonchev–Trinajstić information content (AvgIpc) is 3.13. The molecule has 2 aliphatic heterocycles. The van der Waals surface area contributed by atoms with E-state index in [0.29, 0.717) is 15.8 Å². The summed E-state index contributed by atoms with van der Waals surface area (Å²) < 4.78 is 24.4. The molecule has 2 aliphatic rings. The molecule has 0 spiro atoms. The van der Waals surface area contributed by atoms with Crippen LogP contribution in [0, 0.1) is 0 Å². The standard InChI is InChI=1S/C20H20ClN3O3S2/c1-23(2)15-7-9-16(10-8-15)24-17-11-29(26,27)12-18(17)28-20(24)22-19(25)13-3-5-14(21)6-4-13/h3-10,17-18H,11-12H2,1-2H3/t17-,18-/m0/s1. The summed E-state index contributed by atoms with van der Waals surface area (Å²) in [7, 11) is 0.810. The van der Waals surface area contributed by atoms with E-state index in [1.807, 2.05) is 48.2 Å². The van der Waals surface area contributed by atoms with E-state index in [9.17, 15) is 13.2 Å². The van der Waals surface area contributed by atoms with Crippen LogP contribution in [0.15, 0.2) is 53.5 Å². The lowest BCUT2D eigenvalue weighted by atomic mass is 10.2. The van der Waals surface area contributed by atoms with Crippen molar-refractivity contribution in [3.8, 4) is 0 Å². The van der Waals surface area contributed by atoms with Crippen LogP contribution in [0.5, 0.6) is 0 Å². The monoisotopic (exact) mass is 449 g/mol. The second kappa shape index (κ2) is 7.66. The van der Waals surface area contributed by atoms with E-state index in [0.717, 1.165) is 11.4 Å². The quantitative estimate of drug-likeness (QED) is 0.715. The van der Waals surface area contributed by atoms with Gasteiger partial charge in [-0.2, -0.15) is 4.99 Å². The summed E-state index contributed by atoms with van der Waals surface area (Å²) in [5, 5.41) is 0.949. The highest BCUT2D eigenvalue weighted by Gasteiger charge is 2.49. The van der Waals surface area contributed by atoms with Gasteiger partial charge in [0.05, 0.1) is 17.5 Å². The first-order valence-electron chi connectivity index (χ1n) is 9.06. The molecule has 2 aromatic rings. The number of amidine groups is 1. The minimum atomic E-state index is -3.10. The first kappa shape index (κ1) is 20.3. The number of thioether (sulfide) groups is 1. The molecule has 9 heteroatoms. The van der Waals surface area contributed by atoms with Gasteiger partial charge in [-0.3, -0.25) is 4.79 Å². The predicted octanol–water partition coefficient (Wildman–Crippen LogP) is 3.32. The topological polar surface area (TPSA) is 70.0 Å². The van der Waals surface area contributed by atoms with Crippen molar-refractivity contribution in [1.82, 2.24) is 0 Å². The van der Waals surface area contributed by atoms with Crippen molar-refractivity contribution in [2.45, 2.75) is 11.3 Å². The van der Waals surface area contributed by atoms with Gasteiger partial charge < -0.3 is 9.80 Å². The van der Waals surface area contributed by atoms with Crippen LogP contribution in [-0.2, 0) is 9.84 Å². The number of nitrogens with zero attached hydrogens (tertiary/aromatic N) is 3. The van der Waals surface area contributed by atoms with Crippen molar-refractivity contribution >= 4 is 55.6 Å². The first-order chi connectivity index (χ1) is 13.7. The Hall–Kier alpha value is -2.03. The fourth-order valence-corrected chi connectivity index (χ4v) is 7.56. The Labute approximate surface area is 179 Å². The molecule has 2 saturated heterocycles.